The van der Waals surface area contributed by atoms with Gasteiger partial charge in [-0.05, 0) is 43.5 Å². The first-order chi connectivity index (χ1) is 12.9. The highest BCUT2D eigenvalue weighted by molar-refractivity contribution is 5.53. The van der Waals surface area contributed by atoms with E-state index in [4.69, 9.17) is 4.98 Å². The summed E-state index contributed by atoms with van der Waals surface area (Å²) in [5.41, 5.74) is 3.48. The van der Waals surface area contributed by atoms with Gasteiger partial charge in [0.2, 0.25) is 0 Å². The van der Waals surface area contributed by atoms with Crippen LogP contribution in [-0.2, 0) is 6.42 Å². The molecular weight excluding hydrogens is 322 g/mol. The Balaban J connectivity index is 1.39. The van der Waals surface area contributed by atoms with Gasteiger partial charge in [-0.2, -0.15) is 0 Å². The molecule has 1 saturated heterocycles. The Morgan fingerprint density at radius 3 is 2.69 bits per heavy atom. The van der Waals surface area contributed by atoms with Gasteiger partial charge in [-0.3, -0.25) is 14.9 Å². The second-order valence-electron chi connectivity index (χ2n) is 6.62. The van der Waals surface area contributed by atoms with E-state index < -0.39 is 0 Å². The zero-order valence-corrected chi connectivity index (χ0v) is 14.8. The van der Waals surface area contributed by atoms with E-state index in [9.17, 15) is 0 Å². The molecule has 2 aromatic heterocycles. The lowest BCUT2D eigenvalue weighted by Crippen LogP contribution is -2.26. The van der Waals surface area contributed by atoms with Crippen LogP contribution in [0.25, 0.3) is 0 Å². The quantitative estimate of drug-likeness (QED) is 0.732. The normalized spacial score (nSPS) is 17.3. The largest absolute Gasteiger partial charge is 0.338 e. The van der Waals surface area contributed by atoms with Crippen molar-refractivity contribution in [3.8, 4) is 0 Å². The van der Waals surface area contributed by atoms with Gasteiger partial charge in [0.25, 0.3) is 0 Å². The summed E-state index contributed by atoms with van der Waals surface area (Å²) >= 11 is 0. The molecule has 0 amide bonds. The SMILES string of the molecule is c1ccc(CCN2CCC[C@@H]2c2ccc(Nc3cnccn3)cn2)cc1. The molecule has 1 atom stereocenters. The zero-order valence-electron chi connectivity index (χ0n) is 14.8. The molecule has 26 heavy (non-hydrogen) atoms. The van der Waals surface area contributed by atoms with E-state index in [1.165, 1.54) is 18.4 Å². The van der Waals surface area contributed by atoms with Crippen molar-refractivity contribution in [2.45, 2.75) is 25.3 Å². The molecule has 5 heteroatoms. The van der Waals surface area contributed by atoms with Crippen molar-refractivity contribution < 1.29 is 0 Å². The van der Waals surface area contributed by atoms with Crippen molar-refractivity contribution in [2.24, 2.45) is 0 Å². The lowest BCUT2D eigenvalue weighted by atomic mass is 10.1. The molecule has 3 heterocycles. The number of benzene rings is 1. The van der Waals surface area contributed by atoms with Crippen LogP contribution in [-0.4, -0.2) is 32.9 Å². The number of aromatic nitrogens is 3. The maximum absolute atomic E-state index is 4.71. The van der Waals surface area contributed by atoms with Crippen LogP contribution in [0, 0.1) is 0 Å². The summed E-state index contributed by atoms with van der Waals surface area (Å²) < 4.78 is 0. The third-order valence-corrected chi connectivity index (χ3v) is 4.86. The van der Waals surface area contributed by atoms with Gasteiger partial charge in [0.1, 0.15) is 5.82 Å². The molecule has 0 unspecified atom stereocenters. The fraction of sp³-hybridized carbons (Fsp3) is 0.286. The van der Waals surface area contributed by atoms with Crippen LogP contribution < -0.4 is 5.32 Å². The fourth-order valence-electron chi connectivity index (χ4n) is 3.53. The Hall–Kier alpha value is -2.79. The van der Waals surface area contributed by atoms with Crippen LogP contribution >= 0.6 is 0 Å². The van der Waals surface area contributed by atoms with Gasteiger partial charge in [-0.15, -0.1) is 0 Å². The molecule has 3 aromatic rings. The van der Waals surface area contributed by atoms with E-state index in [2.05, 4.69) is 62.6 Å². The topological polar surface area (TPSA) is 53.9 Å². The standard InChI is InChI=1S/C21H23N5/c1-2-5-17(6-3-1)10-14-26-13-4-7-20(26)19-9-8-18(15-24-19)25-21-16-22-11-12-23-21/h1-3,5-6,8-9,11-12,15-16,20H,4,7,10,13-14H2,(H,23,25)/t20-/m1/s1. The van der Waals surface area contributed by atoms with Gasteiger partial charge >= 0.3 is 0 Å². The van der Waals surface area contributed by atoms with Crippen LogP contribution in [0.3, 0.4) is 0 Å². The molecule has 0 spiro atoms. The molecule has 1 aliphatic rings. The van der Waals surface area contributed by atoms with E-state index >= 15 is 0 Å². The minimum absolute atomic E-state index is 0.421. The lowest BCUT2D eigenvalue weighted by Gasteiger charge is -2.24. The molecule has 0 bridgehead atoms. The maximum Gasteiger partial charge on any atom is 0.148 e. The average molecular weight is 345 g/mol. The number of nitrogens with zero attached hydrogens (tertiary/aromatic N) is 4. The van der Waals surface area contributed by atoms with Crippen LogP contribution in [0.1, 0.15) is 30.1 Å². The summed E-state index contributed by atoms with van der Waals surface area (Å²) in [6.45, 7) is 2.23. The third-order valence-electron chi connectivity index (χ3n) is 4.86. The highest BCUT2D eigenvalue weighted by atomic mass is 15.2. The van der Waals surface area contributed by atoms with Crippen LogP contribution in [0.15, 0.2) is 67.3 Å². The van der Waals surface area contributed by atoms with Crippen molar-refractivity contribution in [3.05, 3.63) is 78.5 Å². The Kier molecular flexibility index (Phi) is 5.17. The molecule has 5 nitrogen and oxygen atoms in total. The number of hydrogen-bond acceptors (Lipinski definition) is 5. The maximum atomic E-state index is 4.71. The molecule has 1 fully saturated rings. The zero-order chi connectivity index (χ0) is 17.6. The van der Waals surface area contributed by atoms with Gasteiger partial charge in [0, 0.05) is 18.9 Å². The lowest BCUT2D eigenvalue weighted by molar-refractivity contribution is 0.256. The average Bonchev–Trinajstić information content (AvgIpc) is 3.17. The molecule has 0 saturated carbocycles. The van der Waals surface area contributed by atoms with Crippen molar-refractivity contribution in [1.82, 2.24) is 19.9 Å². The summed E-state index contributed by atoms with van der Waals surface area (Å²) in [6.07, 6.45) is 10.4. The molecule has 0 radical (unpaired) electrons. The second-order valence-corrected chi connectivity index (χ2v) is 6.62. The van der Waals surface area contributed by atoms with E-state index in [1.54, 1.807) is 18.6 Å². The summed E-state index contributed by atoms with van der Waals surface area (Å²) in [5, 5.41) is 3.23. The third kappa shape index (κ3) is 4.06. The number of nitrogens with one attached hydrogen (secondary N) is 1. The molecule has 0 aliphatic carbocycles. The molecule has 4 rings (SSSR count). The second kappa shape index (κ2) is 8.06. The molecule has 1 N–H and O–H groups in total. The van der Waals surface area contributed by atoms with Crippen molar-refractivity contribution in [2.75, 3.05) is 18.4 Å². The first-order valence-corrected chi connectivity index (χ1v) is 9.15. The fourth-order valence-corrected chi connectivity index (χ4v) is 3.53. The monoisotopic (exact) mass is 345 g/mol. The summed E-state index contributed by atoms with van der Waals surface area (Å²) in [5.74, 6) is 0.729. The number of hydrogen-bond donors (Lipinski definition) is 1. The van der Waals surface area contributed by atoms with Gasteiger partial charge < -0.3 is 5.32 Å². The molecular formula is C21H23N5. The van der Waals surface area contributed by atoms with Crippen molar-refractivity contribution in [3.63, 3.8) is 0 Å². The van der Waals surface area contributed by atoms with Gasteiger partial charge in [-0.25, -0.2) is 4.98 Å². The van der Waals surface area contributed by atoms with E-state index in [0.29, 0.717) is 6.04 Å². The smallest absolute Gasteiger partial charge is 0.148 e. The number of pyridine rings is 1. The predicted octanol–water partition coefficient (Wildman–Crippen LogP) is 3.99. The number of likely N-dealkylation sites (tertiary alicyclic amines) is 1. The first-order valence-electron chi connectivity index (χ1n) is 9.15. The predicted molar refractivity (Wildman–Crippen MR) is 103 cm³/mol. The van der Waals surface area contributed by atoms with Crippen LogP contribution in [0.2, 0.25) is 0 Å². The van der Waals surface area contributed by atoms with E-state index in [1.807, 2.05) is 6.20 Å². The van der Waals surface area contributed by atoms with Crippen LogP contribution in [0.5, 0.6) is 0 Å². The minimum Gasteiger partial charge on any atom is -0.338 e. The Morgan fingerprint density at radius 1 is 1.00 bits per heavy atom. The number of anilines is 2. The van der Waals surface area contributed by atoms with E-state index in [0.717, 1.165) is 36.7 Å². The highest BCUT2D eigenvalue weighted by Gasteiger charge is 2.26. The van der Waals surface area contributed by atoms with Crippen molar-refractivity contribution >= 4 is 11.5 Å². The summed E-state index contributed by atoms with van der Waals surface area (Å²) in [7, 11) is 0. The molecule has 1 aromatic carbocycles. The van der Waals surface area contributed by atoms with Gasteiger partial charge in [-0.1, -0.05) is 30.3 Å². The number of rotatable bonds is 6. The van der Waals surface area contributed by atoms with E-state index in [-0.39, 0.29) is 0 Å². The Bertz CT molecular complexity index is 805. The van der Waals surface area contributed by atoms with Crippen LogP contribution in [0.4, 0.5) is 11.5 Å². The van der Waals surface area contributed by atoms with Gasteiger partial charge in [0.05, 0.1) is 29.8 Å². The van der Waals surface area contributed by atoms with Gasteiger partial charge in [0.15, 0.2) is 0 Å². The molecule has 132 valence electrons. The Labute approximate surface area is 154 Å². The van der Waals surface area contributed by atoms with Crippen molar-refractivity contribution in [1.29, 1.82) is 0 Å². The first kappa shape index (κ1) is 16.7. The highest BCUT2D eigenvalue weighted by Crippen LogP contribution is 2.31. The minimum atomic E-state index is 0.421. The Morgan fingerprint density at radius 2 is 1.92 bits per heavy atom. The molecule has 1 aliphatic heterocycles. The summed E-state index contributed by atoms with van der Waals surface area (Å²) in [4.78, 5) is 15.6. The summed E-state index contributed by atoms with van der Waals surface area (Å²) in [6, 6.07) is 15.3.